The normalized spacial score (nSPS) is 10.5. The van der Waals surface area contributed by atoms with E-state index in [1.807, 2.05) is 19.1 Å². The molecule has 19 heavy (non-hydrogen) atoms. The molecule has 0 unspecified atom stereocenters. The van der Waals surface area contributed by atoms with Crippen molar-refractivity contribution in [3.8, 4) is 10.6 Å². The lowest BCUT2D eigenvalue weighted by atomic mass is 10.2. The molecule has 0 N–H and O–H groups in total. The van der Waals surface area contributed by atoms with Crippen molar-refractivity contribution in [3.63, 3.8) is 0 Å². The second-order valence-corrected chi connectivity index (χ2v) is 6.29. The van der Waals surface area contributed by atoms with Gasteiger partial charge in [-0.25, -0.2) is 9.78 Å². The summed E-state index contributed by atoms with van der Waals surface area (Å²) in [7, 11) is 0. The minimum Gasteiger partial charge on any atom is -0.461 e. The van der Waals surface area contributed by atoms with Gasteiger partial charge in [0.1, 0.15) is 5.01 Å². The van der Waals surface area contributed by atoms with Crippen molar-refractivity contribution in [2.45, 2.75) is 13.8 Å². The third kappa shape index (κ3) is 3.16. The largest absolute Gasteiger partial charge is 0.461 e. The van der Waals surface area contributed by atoms with E-state index in [9.17, 15) is 4.79 Å². The van der Waals surface area contributed by atoms with E-state index >= 15 is 0 Å². The fraction of sp³-hybridized carbons (Fsp3) is 0.231. The third-order valence-corrected chi connectivity index (χ3v) is 4.24. The first-order valence-corrected chi connectivity index (χ1v) is 7.61. The predicted molar refractivity (Wildman–Crippen MR) is 81.0 cm³/mol. The van der Waals surface area contributed by atoms with Gasteiger partial charge < -0.3 is 4.74 Å². The van der Waals surface area contributed by atoms with Gasteiger partial charge >= 0.3 is 5.97 Å². The van der Waals surface area contributed by atoms with Gasteiger partial charge in [0, 0.05) is 14.9 Å². The van der Waals surface area contributed by atoms with E-state index in [-0.39, 0.29) is 0 Å². The Bertz CT molecular complexity index is 627. The monoisotopic (exact) mass is 359 g/mol. The van der Waals surface area contributed by atoms with Crippen LogP contribution in [0.5, 0.6) is 0 Å². The first-order chi connectivity index (χ1) is 9.02. The van der Waals surface area contributed by atoms with E-state index in [4.69, 9.17) is 16.3 Å². The molecule has 1 heterocycles. The molecule has 0 radical (unpaired) electrons. The number of aryl methyl sites for hydroxylation is 1. The van der Waals surface area contributed by atoms with Crippen LogP contribution in [0, 0.1) is 6.92 Å². The van der Waals surface area contributed by atoms with Crippen LogP contribution in [0.2, 0.25) is 5.02 Å². The van der Waals surface area contributed by atoms with Crippen LogP contribution >= 0.6 is 38.9 Å². The van der Waals surface area contributed by atoms with Gasteiger partial charge in [0.2, 0.25) is 0 Å². The summed E-state index contributed by atoms with van der Waals surface area (Å²) in [5.74, 6) is -0.393. The maximum Gasteiger partial charge on any atom is 0.358 e. The third-order valence-electron chi connectivity index (χ3n) is 2.43. The zero-order chi connectivity index (χ0) is 14.0. The summed E-state index contributed by atoms with van der Waals surface area (Å²) < 4.78 is 5.87. The molecule has 3 nitrogen and oxygen atoms in total. The summed E-state index contributed by atoms with van der Waals surface area (Å²) >= 11 is 11.0. The van der Waals surface area contributed by atoms with Crippen LogP contribution in [0.4, 0.5) is 0 Å². The van der Waals surface area contributed by atoms with Gasteiger partial charge in [0.15, 0.2) is 5.69 Å². The number of nitrogens with zero attached hydrogens (tertiary/aromatic N) is 1. The Morgan fingerprint density at radius 3 is 2.89 bits per heavy atom. The molecule has 0 fully saturated rings. The molecule has 0 atom stereocenters. The molecule has 0 aliphatic rings. The Morgan fingerprint density at radius 1 is 1.53 bits per heavy atom. The van der Waals surface area contributed by atoms with Crippen LogP contribution in [0.3, 0.4) is 0 Å². The molecule has 1 aromatic heterocycles. The molecule has 0 aliphatic heterocycles. The summed E-state index contributed by atoms with van der Waals surface area (Å²) in [5, 5.41) is 1.32. The van der Waals surface area contributed by atoms with Crippen molar-refractivity contribution in [3.05, 3.63) is 38.3 Å². The quantitative estimate of drug-likeness (QED) is 0.744. The Morgan fingerprint density at radius 2 is 2.26 bits per heavy atom. The number of ether oxygens (including phenoxy) is 1. The smallest absolute Gasteiger partial charge is 0.358 e. The van der Waals surface area contributed by atoms with E-state index < -0.39 is 5.97 Å². The van der Waals surface area contributed by atoms with Gasteiger partial charge in [-0.1, -0.05) is 27.5 Å². The molecular weight excluding hydrogens is 350 g/mol. The number of rotatable bonds is 3. The molecule has 0 saturated carbocycles. The summed E-state index contributed by atoms with van der Waals surface area (Å²) in [4.78, 5) is 16.9. The topological polar surface area (TPSA) is 39.2 Å². The van der Waals surface area contributed by atoms with Crippen LogP contribution in [0.15, 0.2) is 22.7 Å². The van der Waals surface area contributed by atoms with Crippen molar-refractivity contribution in [2.75, 3.05) is 6.61 Å². The number of esters is 1. The Labute approximate surface area is 128 Å². The molecule has 100 valence electrons. The van der Waals surface area contributed by atoms with Crippen LogP contribution in [-0.2, 0) is 4.74 Å². The average molecular weight is 361 g/mol. The highest BCUT2D eigenvalue weighted by molar-refractivity contribution is 9.10. The minimum absolute atomic E-state index is 0.337. The lowest BCUT2D eigenvalue weighted by Crippen LogP contribution is -2.06. The maximum absolute atomic E-state index is 11.7. The predicted octanol–water partition coefficient (Wildman–Crippen LogP) is 4.71. The Hall–Kier alpha value is -0.910. The van der Waals surface area contributed by atoms with Crippen LogP contribution < -0.4 is 0 Å². The number of aromatic nitrogens is 1. The van der Waals surface area contributed by atoms with E-state index in [0.29, 0.717) is 17.3 Å². The number of benzene rings is 1. The van der Waals surface area contributed by atoms with Gasteiger partial charge in [0.25, 0.3) is 0 Å². The van der Waals surface area contributed by atoms with Crippen molar-refractivity contribution in [1.29, 1.82) is 0 Å². The SMILES string of the molecule is CCOC(=O)c1nc(-c2ccc(Br)cc2Cl)sc1C. The Balaban J connectivity index is 2.42. The molecule has 1 aromatic carbocycles. The molecule has 6 heteroatoms. The molecule has 0 aliphatic carbocycles. The summed E-state index contributed by atoms with van der Waals surface area (Å²) in [6.07, 6.45) is 0. The molecule has 2 aromatic rings. The number of thiazole rings is 1. The van der Waals surface area contributed by atoms with Crippen molar-refractivity contribution < 1.29 is 9.53 Å². The standard InChI is InChI=1S/C13H11BrClNO2S/c1-3-18-13(17)11-7(2)19-12(16-11)9-5-4-8(14)6-10(9)15/h4-6H,3H2,1-2H3. The second kappa shape index (κ2) is 6.03. The number of hydrogen-bond acceptors (Lipinski definition) is 4. The average Bonchev–Trinajstić information content (AvgIpc) is 2.71. The molecule has 0 bridgehead atoms. The highest BCUT2D eigenvalue weighted by Crippen LogP contribution is 2.34. The molecule has 0 amide bonds. The first-order valence-electron chi connectivity index (χ1n) is 5.63. The molecule has 2 rings (SSSR count). The number of carbonyl (C=O) groups excluding carboxylic acids is 1. The van der Waals surface area contributed by atoms with Crippen molar-refractivity contribution >= 4 is 44.8 Å². The number of halogens is 2. The fourth-order valence-corrected chi connectivity index (χ4v) is 3.32. The highest BCUT2D eigenvalue weighted by atomic mass is 79.9. The Kier molecular flexibility index (Phi) is 4.60. The van der Waals surface area contributed by atoms with Crippen LogP contribution in [0.1, 0.15) is 22.3 Å². The molecule has 0 spiro atoms. The first kappa shape index (κ1) is 14.5. The van der Waals surface area contributed by atoms with E-state index in [1.165, 1.54) is 11.3 Å². The fourth-order valence-electron chi connectivity index (χ4n) is 1.56. The molecular formula is C13H11BrClNO2S. The summed E-state index contributed by atoms with van der Waals surface area (Å²) in [5.41, 5.74) is 1.18. The highest BCUT2D eigenvalue weighted by Gasteiger charge is 2.18. The van der Waals surface area contributed by atoms with E-state index in [2.05, 4.69) is 20.9 Å². The number of carbonyl (C=O) groups is 1. The van der Waals surface area contributed by atoms with Crippen LogP contribution in [0.25, 0.3) is 10.6 Å². The van der Waals surface area contributed by atoms with Gasteiger partial charge in [-0.3, -0.25) is 0 Å². The van der Waals surface area contributed by atoms with Gasteiger partial charge in [-0.15, -0.1) is 11.3 Å². The van der Waals surface area contributed by atoms with E-state index in [0.717, 1.165) is 19.9 Å². The maximum atomic E-state index is 11.7. The van der Waals surface area contributed by atoms with E-state index in [1.54, 1.807) is 13.0 Å². The minimum atomic E-state index is -0.393. The lowest BCUT2D eigenvalue weighted by Gasteiger charge is -2.00. The van der Waals surface area contributed by atoms with Crippen molar-refractivity contribution in [1.82, 2.24) is 4.98 Å². The molecule has 0 saturated heterocycles. The lowest BCUT2D eigenvalue weighted by molar-refractivity contribution is 0.0519. The summed E-state index contributed by atoms with van der Waals surface area (Å²) in [6.45, 7) is 3.95. The van der Waals surface area contributed by atoms with Gasteiger partial charge in [0.05, 0.1) is 11.6 Å². The second-order valence-electron chi connectivity index (χ2n) is 3.77. The van der Waals surface area contributed by atoms with Crippen molar-refractivity contribution in [2.24, 2.45) is 0 Å². The van der Waals surface area contributed by atoms with Gasteiger partial charge in [-0.05, 0) is 32.0 Å². The zero-order valence-corrected chi connectivity index (χ0v) is 13.5. The zero-order valence-electron chi connectivity index (χ0n) is 10.4. The number of hydrogen-bond donors (Lipinski definition) is 0. The summed E-state index contributed by atoms with van der Waals surface area (Å²) in [6, 6.07) is 5.57. The van der Waals surface area contributed by atoms with Crippen LogP contribution in [-0.4, -0.2) is 17.6 Å². The van der Waals surface area contributed by atoms with Gasteiger partial charge in [-0.2, -0.15) is 0 Å².